The molecular weight excluding hydrogens is 422 g/mol. The number of aryl methyl sites for hydroxylation is 1. The number of furan rings is 1. The van der Waals surface area contributed by atoms with E-state index in [0.29, 0.717) is 31.9 Å². The van der Waals surface area contributed by atoms with E-state index in [-0.39, 0.29) is 18.6 Å². The standard InChI is InChI=1S/C25H25N3O5/c1-17-14-19(18(2)28(17)20-6-7-21-23(15-20)33-16-32-21)5-8-24(29)26-9-11-27(12-10-26)25(30)22-4-3-13-31-22/h3-8,13-15H,9-12,16H2,1-2H3/b8-5+. The molecule has 2 aliphatic heterocycles. The maximum atomic E-state index is 12.8. The summed E-state index contributed by atoms with van der Waals surface area (Å²) in [7, 11) is 0. The van der Waals surface area contributed by atoms with E-state index >= 15 is 0 Å². The Hall–Kier alpha value is -3.94. The van der Waals surface area contributed by atoms with E-state index in [1.54, 1.807) is 28.0 Å². The summed E-state index contributed by atoms with van der Waals surface area (Å²) >= 11 is 0. The molecule has 2 amide bonds. The maximum absolute atomic E-state index is 12.8. The third kappa shape index (κ3) is 4.00. The number of hydrogen-bond donors (Lipinski definition) is 0. The van der Waals surface area contributed by atoms with Crippen LogP contribution in [0.5, 0.6) is 11.5 Å². The fourth-order valence-corrected chi connectivity index (χ4v) is 4.33. The van der Waals surface area contributed by atoms with Gasteiger partial charge in [0, 0.05) is 55.4 Å². The molecule has 0 radical (unpaired) electrons. The van der Waals surface area contributed by atoms with Gasteiger partial charge in [0.15, 0.2) is 17.3 Å². The van der Waals surface area contributed by atoms with Crippen molar-refractivity contribution in [1.29, 1.82) is 0 Å². The van der Waals surface area contributed by atoms with Crippen molar-refractivity contribution in [2.75, 3.05) is 33.0 Å². The van der Waals surface area contributed by atoms with Crippen LogP contribution in [0.1, 0.15) is 27.5 Å². The predicted octanol–water partition coefficient (Wildman–Crippen LogP) is 3.41. The van der Waals surface area contributed by atoms with Gasteiger partial charge in [0.2, 0.25) is 12.7 Å². The topological polar surface area (TPSA) is 77.2 Å². The summed E-state index contributed by atoms with van der Waals surface area (Å²) in [4.78, 5) is 28.6. The summed E-state index contributed by atoms with van der Waals surface area (Å²) in [6.07, 6.45) is 4.95. The van der Waals surface area contributed by atoms with Crippen molar-refractivity contribution in [3.63, 3.8) is 0 Å². The largest absolute Gasteiger partial charge is 0.459 e. The van der Waals surface area contributed by atoms with E-state index < -0.39 is 0 Å². The third-order valence-corrected chi connectivity index (χ3v) is 6.10. The minimum atomic E-state index is -0.140. The summed E-state index contributed by atoms with van der Waals surface area (Å²) in [5.41, 5.74) is 4.05. The Bertz CT molecular complexity index is 1220. The molecule has 33 heavy (non-hydrogen) atoms. The summed E-state index contributed by atoms with van der Waals surface area (Å²) in [5, 5.41) is 0. The van der Waals surface area contributed by atoms with E-state index in [1.165, 1.54) is 6.26 Å². The Morgan fingerprint density at radius 3 is 2.45 bits per heavy atom. The Morgan fingerprint density at radius 2 is 1.70 bits per heavy atom. The number of carbonyl (C=O) groups excluding carboxylic acids is 2. The molecule has 0 aliphatic carbocycles. The summed E-state index contributed by atoms with van der Waals surface area (Å²) in [6, 6.07) is 11.3. The van der Waals surface area contributed by atoms with E-state index in [4.69, 9.17) is 13.9 Å². The van der Waals surface area contributed by atoms with Gasteiger partial charge in [-0.3, -0.25) is 9.59 Å². The number of fused-ring (bicyclic) bond motifs is 1. The fraction of sp³-hybridized carbons (Fsp3) is 0.280. The number of benzene rings is 1. The lowest BCUT2D eigenvalue weighted by Crippen LogP contribution is -2.50. The van der Waals surface area contributed by atoms with Crippen LogP contribution in [0.4, 0.5) is 0 Å². The lowest BCUT2D eigenvalue weighted by molar-refractivity contribution is -0.127. The molecule has 0 bridgehead atoms. The van der Waals surface area contributed by atoms with Gasteiger partial charge in [0.1, 0.15) is 0 Å². The van der Waals surface area contributed by atoms with Crippen molar-refractivity contribution in [3.8, 4) is 17.2 Å². The quantitative estimate of drug-likeness (QED) is 0.573. The van der Waals surface area contributed by atoms with Crippen LogP contribution in [-0.4, -0.2) is 59.2 Å². The molecule has 0 N–H and O–H groups in total. The number of rotatable bonds is 4. The van der Waals surface area contributed by atoms with Crippen LogP contribution in [0, 0.1) is 13.8 Å². The molecule has 1 saturated heterocycles. The molecule has 1 fully saturated rings. The first kappa shape index (κ1) is 20.9. The first-order chi connectivity index (χ1) is 16.0. The molecule has 0 atom stereocenters. The van der Waals surface area contributed by atoms with Gasteiger partial charge in [-0.15, -0.1) is 0 Å². The van der Waals surface area contributed by atoms with Crippen molar-refractivity contribution in [2.24, 2.45) is 0 Å². The minimum Gasteiger partial charge on any atom is -0.459 e. The highest BCUT2D eigenvalue weighted by molar-refractivity contribution is 5.93. The van der Waals surface area contributed by atoms with Gasteiger partial charge in [-0.2, -0.15) is 0 Å². The fourth-order valence-electron chi connectivity index (χ4n) is 4.33. The molecule has 3 aromatic rings. The van der Waals surface area contributed by atoms with Gasteiger partial charge < -0.3 is 28.3 Å². The minimum absolute atomic E-state index is 0.0621. The van der Waals surface area contributed by atoms with Gasteiger partial charge in [0.25, 0.3) is 5.91 Å². The molecule has 0 saturated carbocycles. The number of nitrogens with zero attached hydrogens (tertiary/aromatic N) is 3. The van der Waals surface area contributed by atoms with Crippen molar-refractivity contribution in [3.05, 3.63) is 71.4 Å². The van der Waals surface area contributed by atoms with Crippen molar-refractivity contribution < 1.29 is 23.5 Å². The average molecular weight is 447 g/mol. The van der Waals surface area contributed by atoms with Crippen LogP contribution in [0.25, 0.3) is 11.8 Å². The third-order valence-electron chi connectivity index (χ3n) is 6.10. The number of carbonyl (C=O) groups is 2. The molecule has 0 spiro atoms. The Morgan fingerprint density at radius 1 is 0.939 bits per heavy atom. The number of aromatic nitrogens is 1. The lowest BCUT2D eigenvalue weighted by Gasteiger charge is -2.33. The van der Waals surface area contributed by atoms with E-state index in [2.05, 4.69) is 10.6 Å². The monoisotopic (exact) mass is 447 g/mol. The van der Waals surface area contributed by atoms with Crippen LogP contribution < -0.4 is 9.47 Å². The molecule has 0 unspecified atom stereocenters. The average Bonchev–Trinajstić information content (AvgIpc) is 3.57. The van der Waals surface area contributed by atoms with Gasteiger partial charge >= 0.3 is 0 Å². The Balaban J connectivity index is 1.25. The maximum Gasteiger partial charge on any atom is 0.289 e. The molecule has 4 heterocycles. The zero-order chi connectivity index (χ0) is 22.9. The number of ether oxygens (including phenoxy) is 2. The van der Waals surface area contributed by atoms with Crippen LogP contribution in [-0.2, 0) is 4.79 Å². The molecule has 5 rings (SSSR count). The highest BCUT2D eigenvalue weighted by Gasteiger charge is 2.25. The normalized spacial score (nSPS) is 15.5. The first-order valence-corrected chi connectivity index (χ1v) is 10.9. The second-order valence-corrected chi connectivity index (χ2v) is 8.13. The highest BCUT2D eigenvalue weighted by atomic mass is 16.7. The zero-order valence-electron chi connectivity index (χ0n) is 18.6. The van der Waals surface area contributed by atoms with Crippen LogP contribution in [0.2, 0.25) is 0 Å². The van der Waals surface area contributed by atoms with Gasteiger partial charge in [0.05, 0.1) is 6.26 Å². The lowest BCUT2D eigenvalue weighted by atomic mass is 10.2. The van der Waals surface area contributed by atoms with Crippen LogP contribution >= 0.6 is 0 Å². The predicted molar refractivity (Wildman–Crippen MR) is 122 cm³/mol. The second kappa shape index (κ2) is 8.54. The molecular formula is C25H25N3O5. The summed E-state index contributed by atoms with van der Waals surface area (Å²) in [5.74, 6) is 1.61. The number of hydrogen-bond acceptors (Lipinski definition) is 5. The Kier molecular flexibility index (Phi) is 5.42. The van der Waals surface area contributed by atoms with Gasteiger partial charge in [-0.25, -0.2) is 0 Å². The van der Waals surface area contributed by atoms with E-state index in [0.717, 1.165) is 34.1 Å². The van der Waals surface area contributed by atoms with E-state index in [1.807, 2.05) is 38.1 Å². The SMILES string of the molecule is Cc1cc(/C=C/C(=O)N2CCN(C(=O)c3ccco3)CC2)c(C)n1-c1ccc2c(c1)OCO2. The summed E-state index contributed by atoms with van der Waals surface area (Å²) < 4.78 is 18.2. The highest BCUT2D eigenvalue weighted by Crippen LogP contribution is 2.35. The number of piperazine rings is 1. The van der Waals surface area contributed by atoms with Gasteiger partial charge in [-0.05, 0) is 55.8 Å². The van der Waals surface area contributed by atoms with Gasteiger partial charge in [-0.1, -0.05) is 0 Å². The zero-order valence-corrected chi connectivity index (χ0v) is 18.6. The molecule has 2 aliphatic rings. The van der Waals surface area contributed by atoms with Crippen molar-refractivity contribution >= 4 is 17.9 Å². The molecule has 2 aromatic heterocycles. The molecule has 1 aromatic carbocycles. The van der Waals surface area contributed by atoms with Crippen LogP contribution in [0.3, 0.4) is 0 Å². The smallest absolute Gasteiger partial charge is 0.289 e. The first-order valence-electron chi connectivity index (χ1n) is 10.9. The van der Waals surface area contributed by atoms with Crippen molar-refractivity contribution in [2.45, 2.75) is 13.8 Å². The molecule has 8 nitrogen and oxygen atoms in total. The molecule has 8 heteroatoms. The number of amides is 2. The van der Waals surface area contributed by atoms with E-state index in [9.17, 15) is 9.59 Å². The summed E-state index contributed by atoms with van der Waals surface area (Å²) in [6.45, 7) is 6.25. The van der Waals surface area contributed by atoms with Crippen LogP contribution in [0.15, 0.2) is 53.2 Å². The Labute approximate surface area is 191 Å². The second-order valence-electron chi connectivity index (χ2n) is 8.13. The molecule has 170 valence electrons. The van der Waals surface area contributed by atoms with Crippen molar-refractivity contribution in [1.82, 2.24) is 14.4 Å².